The monoisotopic (exact) mass is 357 g/mol. The van der Waals surface area contributed by atoms with Crippen LogP contribution in [0.25, 0.3) is 11.5 Å². The summed E-state index contributed by atoms with van der Waals surface area (Å²) >= 11 is 1.27. The molecule has 0 bridgehead atoms. The van der Waals surface area contributed by atoms with Crippen molar-refractivity contribution in [3.8, 4) is 11.5 Å². The van der Waals surface area contributed by atoms with Crippen molar-refractivity contribution in [2.45, 2.75) is 37.3 Å². The first kappa shape index (κ1) is 17.3. The summed E-state index contributed by atoms with van der Waals surface area (Å²) in [6.45, 7) is 4.29. The molecule has 0 saturated carbocycles. The van der Waals surface area contributed by atoms with E-state index in [4.69, 9.17) is 8.83 Å². The van der Waals surface area contributed by atoms with Crippen LogP contribution in [0.5, 0.6) is 0 Å². The lowest BCUT2D eigenvalue weighted by Crippen LogP contribution is -2.31. The van der Waals surface area contributed by atoms with E-state index in [-0.39, 0.29) is 11.2 Å². The minimum Gasteiger partial charge on any atom is -0.469 e. The van der Waals surface area contributed by atoms with E-state index in [1.807, 2.05) is 44.2 Å². The second-order valence-electron chi connectivity index (χ2n) is 5.48. The van der Waals surface area contributed by atoms with Gasteiger partial charge in [-0.25, -0.2) is 0 Å². The zero-order chi connectivity index (χ0) is 17.6. The van der Waals surface area contributed by atoms with Gasteiger partial charge in [0.05, 0.1) is 17.1 Å². The summed E-state index contributed by atoms with van der Waals surface area (Å²) in [5.74, 6) is 1.07. The fraction of sp³-hybridized carbons (Fsp3) is 0.278. The number of aryl methyl sites for hydroxylation is 1. The Hall–Kier alpha value is -2.54. The number of benzene rings is 1. The summed E-state index contributed by atoms with van der Waals surface area (Å²) in [4.78, 5) is 12.4. The largest absolute Gasteiger partial charge is 0.469 e. The lowest BCUT2D eigenvalue weighted by atomic mass is 10.2. The molecule has 3 rings (SSSR count). The van der Waals surface area contributed by atoms with Crippen LogP contribution in [0.1, 0.15) is 24.7 Å². The standard InChI is InChI=1S/C18H19N3O3S/c1-3-15(16(22)19-11-13-7-5-4-6-8-13)25-18-21-20-17(24-18)14-9-10-23-12(14)2/h4-10,15H,3,11H2,1-2H3,(H,19,22). The number of nitrogens with one attached hydrogen (secondary N) is 1. The van der Waals surface area contributed by atoms with Crippen LogP contribution in [-0.2, 0) is 11.3 Å². The molecule has 0 saturated heterocycles. The first-order valence-electron chi connectivity index (χ1n) is 8.03. The van der Waals surface area contributed by atoms with E-state index in [0.29, 0.717) is 29.8 Å². The predicted octanol–water partition coefficient (Wildman–Crippen LogP) is 3.83. The van der Waals surface area contributed by atoms with Gasteiger partial charge in [0.15, 0.2) is 0 Å². The van der Waals surface area contributed by atoms with Crippen LogP contribution < -0.4 is 5.32 Å². The van der Waals surface area contributed by atoms with Crippen molar-refractivity contribution >= 4 is 17.7 Å². The Labute approximate surface area is 150 Å². The number of amides is 1. The highest BCUT2D eigenvalue weighted by Crippen LogP contribution is 2.29. The average Bonchev–Trinajstić information content (AvgIpc) is 3.27. The molecule has 0 aliphatic carbocycles. The lowest BCUT2D eigenvalue weighted by molar-refractivity contribution is -0.120. The van der Waals surface area contributed by atoms with Crippen molar-refractivity contribution in [3.63, 3.8) is 0 Å². The van der Waals surface area contributed by atoms with E-state index >= 15 is 0 Å². The summed E-state index contributed by atoms with van der Waals surface area (Å²) in [7, 11) is 0. The Morgan fingerprint density at radius 2 is 2.04 bits per heavy atom. The number of nitrogens with zero attached hydrogens (tertiary/aromatic N) is 2. The van der Waals surface area contributed by atoms with Gasteiger partial charge >= 0.3 is 0 Å². The van der Waals surface area contributed by atoms with Gasteiger partial charge in [-0.3, -0.25) is 4.79 Å². The highest BCUT2D eigenvalue weighted by atomic mass is 32.2. The summed E-state index contributed by atoms with van der Waals surface area (Å²) in [5, 5.41) is 11.1. The summed E-state index contributed by atoms with van der Waals surface area (Å²) in [6.07, 6.45) is 2.24. The van der Waals surface area contributed by atoms with Crippen LogP contribution in [0.4, 0.5) is 0 Å². The fourth-order valence-corrected chi connectivity index (χ4v) is 3.13. The summed E-state index contributed by atoms with van der Waals surface area (Å²) in [5.41, 5.74) is 1.83. The van der Waals surface area contributed by atoms with Crippen molar-refractivity contribution in [1.82, 2.24) is 15.5 Å². The number of carbonyl (C=O) groups excluding carboxylic acids is 1. The van der Waals surface area contributed by atoms with Crippen LogP contribution in [0.3, 0.4) is 0 Å². The number of rotatable bonds is 7. The Morgan fingerprint density at radius 1 is 1.24 bits per heavy atom. The van der Waals surface area contributed by atoms with Gasteiger partial charge in [0, 0.05) is 6.54 Å². The molecular weight excluding hydrogens is 338 g/mol. The van der Waals surface area contributed by atoms with Gasteiger partial charge in [-0.05, 0) is 25.0 Å². The topological polar surface area (TPSA) is 81.2 Å². The molecule has 2 aromatic heterocycles. The molecule has 0 spiro atoms. The first-order valence-corrected chi connectivity index (χ1v) is 8.91. The average molecular weight is 357 g/mol. The van der Waals surface area contributed by atoms with E-state index in [1.165, 1.54) is 11.8 Å². The van der Waals surface area contributed by atoms with Crippen LogP contribution in [0.2, 0.25) is 0 Å². The third kappa shape index (κ3) is 4.30. The quantitative estimate of drug-likeness (QED) is 0.647. The number of aromatic nitrogens is 2. The van der Waals surface area contributed by atoms with Gasteiger partial charge in [-0.15, -0.1) is 10.2 Å². The molecule has 0 aliphatic heterocycles. The minimum atomic E-state index is -0.289. The number of carbonyl (C=O) groups is 1. The second-order valence-corrected chi connectivity index (χ2v) is 6.64. The van der Waals surface area contributed by atoms with E-state index < -0.39 is 0 Å². The van der Waals surface area contributed by atoms with Gasteiger partial charge in [0.2, 0.25) is 5.91 Å². The zero-order valence-electron chi connectivity index (χ0n) is 14.1. The molecule has 25 heavy (non-hydrogen) atoms. The Kier molecular flexibility index (Phi) is 5.55. The molecular formula is C18H19N3O3S. The first-order chi connectivity index (χ1) is 12.2. The molecule has 0 aliphatic rings. The van der Waals surface area contributed by atoms with Gasteiger partial charge in [0.25, 0.3) is 11.1 Å². The van der Waals surface area contributed by atoms with Gasteiger partial charge in [-0.1, -0.05) is 49.0 Å². The summed E-state index contributed by atoms with van der Waals surface area (Å²) in [6, 6.07) is 11.6. The van der Waals surface area contributed by atoms with E-state index in [0.717, 1.165) is 11.1 Å². The smallest absolute Gasteiger partial charge is 0.277 e. The molecule has 6 nitrogen and oxygen atoms in total. The Balaban J connectivity index is 1.61. The molecule has 1 aromatic carbocycles. The highest BCUT2D eigenvalue weighted by molar-refractivity contribution is 8.00. The second kappa shape index (κ2) is 8.02. The molecule has 1 unspecified atom stereocenters. The number of hydrogen-bond acceptors (Lipinski definition) is 6. The van der Waals surface area contributed by atoms with Gasteiger partial charge in [0.1, 0.15) is 5.76 Å². The van der Waals surface area contributed by atoms with Gasteiger partial charge < -0.3 is 14.2 Å². The SMILES string of the molecule is CCC(Sc1nnc(-c2ccoc2C)o1)C(=O)NCc1ccccc1. The predicted molar refractivity (Wildman–Crippen MR) is 95.0 cm³/mol. The molecule has 1 amide bonds. The van der Waals surface area contributed by atoms with E-state index in [2.05, 4.69) is 15.5 Å². The van der Waals surface area contributed by atoms with Crippen molar-refractivity contribution in [2.75, 3.05) is 0 Å². The maximum atomic E-state index is 12.4. The maximum Gasteiger partial charge on any atom is 0.277 e. The lowest BCUT2D eigenvalue weighted by Gasteiger charge is -2.12. The molecule has 2 heterocycles. The van der Waals surface area contributed by atoms with Crippen LogP contribution >= 0.6 is 11.8 Å². The number of thioether (sulfide) groups is 1. The van der Waals surface area contributed by atoms with E-state index in [1.54, 1.807) is 12.3 Å². The Morgan fingerprint density at radius 3 is 2.72 bits per heavy atom. The molecule has 1 N–H and O–H groups in total. The van der Waals surface area contributed by atoms with Crippen molar-refractivity contribution in [2.24, 2.45) is 0 Å². The molecule has 7 heteroatoms. The zero-order valence-corrected chi connectivity index (χ0v) is 14.9. The molecule has 0 radical (unpaired) electrons. The molecule has 0 fully saturated rings. The third-order valence-electron chi connectivity index (χ3n) is 3.71. The normalized spacial score (nSPS) is 12.1. The van der Waals surface area contributed by atoms with E-state index in [9.17, 15) is 4.79 Å². The van der Waals surface area contributed by atoms with Crippen molar-refractivity contribution in [1.29, 1.82) is 0 Å². The maximum absolute atomic E-state index is 12.4. The fourth-order valence-electron chi connectivity index (χ4n) is 2.32. The molecule has 130 valence electrons. The van der Waals surface area contributed by atoms with Crippen molar-refractivity contribution in [3.05, 3.63) is 54.0 Å². The third-order valence-corrected chi connectivity index (χ3v) is 4.91. The molecule has 3 aromatic rings. The van der Waals surface area contributed by atoms with Crippen LogP contribution in [-0.4, -0.2) is 21.4 Å². The Bertz CT molecular complexity index is 829. The summed E-state index contributed by atoms with van der Waals surface area (Å²) < 4.78 is 10.9. The highest BCUT2D eigenvalue weighted by Gasteiger charge is 2.22. The van der Waals surface area contributed by atoms with Crippen molar-refractivity contribution < 1.29 is 13.6 Å². The number of furan rings is 1. The van der Waals surface area contributed by atoms with Gasteiger partial charge in [-0.2, -0.15) is 0 Å². The van der Waals surface area contributed by atoms with Crippen LogP contribution in [0.15, 0.2) is 56.7 Å². The number of hydrogen-bond donors (Lipinski definition) is 1. The van der Waals surface area contributed by atoms with Crippen LogP contribution in [0, 0.1) is 6.92 Å². The molecule has 1 atom stereocenters. The minimum absolute atomic E-state index is 0.0457.